The van der Waals surface area contributed by atoms with Crippen LogP contribution in [-0.2, 0) is 6.42 Å². The van der Waals surface area contributed by atoms with Crippen LogP contribution in [0.3, 0.4) is 0 Å². The molecule has 0 aliphatic carbocycles. The Kier molecular flexibility index (Phi) is 6.86. The lowest BCUT2D eigenvalue weighted by Crippen LogP contribution is -2.31. The van der Waals surface area contributed by atoms with Gasteiger partial charge in [-0.2, -0.15) is 0 Å². The molecule has 0 aliphatic rings. The summed E-state index contributed by atoms with van der Waals surface area (Å²) < 4.78 is 0. The normalized spacial score (nSPS) is 12.5. The molecule has 0 bridgehead atoms. The summed E-state index contributed by atoms with van der Waals surface area (Å²) in [5, 5.41) is 3.66. The number of allylic oxidation sites excluding steroid dienone is 1. The van der Waals surface area contributed by atoms with E-state index < -0.39 is 0 Å². The molecule has 1 N–H and O–H groups in total. The maximum Gasteiger partial charge on any atom is 0.0255 e. The minimum atomic E-state index is 0.494. The first kappa shape index (κ1) is 16.0. The first-order valence-electron chi connectivity index (χ1n) is 7.41. The Balaban J connectivity index is 2.52. The van der Waals surface area contributed by atoms with Gasteiger partial charge in [-0.25, -0.2) is 0 Å². The Bertz CT molecular complexity index is 383. The van der Waals surface area contributed by atoms with Crippen molar-refractivity contribution in [2.24, 2.45) is 5.92 Å². The van der Waals surface area contributed by atoms with E-state index in [1.54, 1.807) is 0 Å². The molecule has 0 saturated heterocycles. The number of nitrogens with one attached hydrogen (secondary N) is 1. The van der Waals surface area contributed by atoms with Gasteiger partial charge in [-0.15, -0.1) is 0 Å². The second kappa shape index (κ2) is 8.16. The van der Waals surface area contributed by atoms with Gasteiger partial charge >= 0.3 is 0 Å². The van der Waals surface area contributed by atoms with Gasteiger partial charge in [0.2, 0.25) is 0 Å². The fourth-order valence-electron chi connectivity index (χ4n) is 2.11. The molecule has 0 saturated carbocycles. The standard InChI is InChI=1S/C18H29N/c1-14(2)12-18(19-13-15(3)4)11-10-17-8-6-16(5)7-9-17/h6-9,12,15,18-19H,10-11,13H2,1-5H3. The van der Waals surface area contributed by atoms with Crippen LogP contribution in [0.2, 0.25) is 0 Å². The lowest BCUT2D eigenvalue weighted by atomic mass is 10.0. The number of aryl methyl sites for hydroxylation is 2. The van der Waals surface area contributed by atoms with Crippen molar-refractivity contribution < 1.29 is 0 Å². The lowest BCUT2D eigenvalue weighted by molar-refractivity contribution is 0.490. The number of rotatable bonds is 7. The average Bonchev–Trinajstić information content (AvgIpc) is 2.34. The SMILES string of the molecule is CC(C)=CC(CCc1ccc(C)cc1)NCC(C)C. The molecule has 0 heterocycles. The van der Waals surface area contributed by atoms with E-state index in [2.05, 4.69) is 70.3 Å². The molecule has 1 unspecified atom stereocenters. The van der Waals surface area contributed by atoms with Crippen LogP contribution in [0.25, 0.3) is 0 Å². The second-order valence-electron chi connectivity index (χ2n) is 6.18. The maximum absolute atomic E-state index is 3.66. The van der Waals surface area contributed by atoms with Gasteiger partial charge in [0, 0.05) is 6.04 Å². The summed E-state index contributed by atoms with van der Waals surface area (Å²) in [6.07, 6.45) is 4.66. The van der Waals surface area contributed by atoms with Crippen LogP contribution in [0.1, 0.15) is 45.2 Å². The summed E-state index contributed by atoms with van der Waals surface area (Å²) in [4.78, 5) is 0. The Labute approximate surface area is 119 Å². The Morgan fingerprint density at radius 3 is 2.32 bits per heavy atom. The van der Waals surface area contributed by atoms with Gasteiger partial charge in [0.1, 0.15) is 0 Å². The van der Waals surface area contributed by atoms with Crippen molar-refractivity contribution in [3.05, 3.63) is 47.0 Å². The molecule has 0 amide bonds. The summed E-state index contributed by atoms with van der Waals surface area (Å²) >= 11 is 0. The molecule has 1 nitrogen and oxygen atoms in total. The van der Waals surface area contributed by atoms with Gasteiger partial charge in [-0.05, 0) is 51.6 Å². The molecular formula is C18H29N. The minimum absolute atomic E-state index is 0.494. The Morgan fingerprint density at radius 1 is 1.16 bits per heavy atom. The summed E-state index contributed by atoms with van der Waals surface area (Å²) in [5.74, 6) is 0.701. The van der Waals surface area contributed by atoms with Gasteiger partial charge in [0.05, 0.1) is 0 Å². The van der Waals surface area contributed by atoms with E-state index in [0.717, 1.165) is 13.0 Å². The van der Waals surface area contributed by atoms with Crippen molar-refractivity contribution in [1.29, 1.82) is 0 Å². The zero-order valence-electron chi connectivity index (χ0n) is 13.2. The predicted octanol–water partition coefficient (Wildman–Crippen LogP) is 4.51. The van der Waals surface area contributed by atoms with E-state index in [0.29, 0.717) is 12.0 Å². The first-order valence-corrected chi connectivity index (χ1v) is 7.41. The fourth-order valence-corrected chi connectivity index (χ4v) is 2.11. The number of hydrogen-bond acceptors (Lipinski definition) is 1. The van der Waals surface area contributed by atoms with E-state index in [1.807, 2.05) is 0 Å². The third-order valence-electron chi connectivity index (χ3n) is 3.19. The van der Waals surface area contributed by atoms with E-state index >= 15 is 0 Å². The van der Waals surface area contributed by atoms with Gasteiger partial charge in [-0.3, -0.25) is 0 Å². The molecule has 1 heteroatoms. The molecule has 0 radical (unpaired) electrons. The number of hydrogen-bond donors (Lipinski definition) is 1. The third kappa shape index (κ3) is 7.17. The van der Waals surface area contributed by atoms with Gasteiger partial charge in [0.25, 0.3) is 0 Å². The zero-order valence-corrected chi connectivity index (χ0v) is 13.2. The van der Waals surface area contributed by atoms with Crippen LogP contribution in [0.15, 0.2) is 35.9 Å². The second-order valence-corrected chi connectivity index (χ2v) is 6.18. The maximum atomic E-state index is 3.66. The van der Waals surface area contributed by atoms with Crippen molar-refractivity contribution in [2.45, 2.75) is 53.5 Å². The highest BCUT2D eigenvalue weighted by molar-refractivity contribution is 5.21. The minimum Gasteiger partial charge on any atom is -0.310 e. The van der Waals surface area contributed by atoms with Gasteiger partial charge < -0.3 is 5.32 Å². The largest absolute Gasteiger partial charge is 0.310 e. The van der Waals surface area contributed by atoms with Crippen LogP contribution >= 0.6 is 0 Å². The molecule has 0 fully saturated rings. The molecule has 19 heavy (non-hydrogen) atoms. The monoisotopic (exact) mass is 259 g/mol. The van der Waals surface area contributed by atoms with Crippen molar-refractivity contribution in [1.82, 2.24) is 5.32 Å². The van der Waals surface area contributed by atoms with Crippen LogP contribution in [0.4, 0.5) is 0 Å². The quantitative estimate of drug-likeness (QED) is 0.711. The van der Waals surface area contributed by atoms with Gasteiger partial charge in [0.15, 0.2) is 0 Å². The van der Waals surface area contributed by atoms with Crippen molar-refractivity contribution >= 4 is 0 Å². The van der Waals surface area contributed by atoms with Gasteiger partial charge in [-0.1, -0.05) is 55.3 Å². The zero-order chi connectivity index (χ0) is 14.3. The first-order chi connectivity index (χ1) is 8.97. The van der Waals surface area contributed by atoms with Crippen molar-refractivity contribution in [3.63, 3.8) is 0 Å². The molecule has 1 aromatic carbocycles. The molecular weight excluding hydrogens is 230 g/mol. The molecule has 0 aliphatic heterocycles. The van der Waals surface area contributed by atoms with E-state index in [-0.39, 0.29) is 0 Å². The van der Waals surface area contributed by atoms with Crippen LogP contribution < -0.4 is 5.32 Å². The molecule has 0 spiro atoms. The molecule has 0 aromatic heterocycles. The Hall–Kier alpha value is -1.08. The van der Waals surface area contributed by atoms with Crippen LogP contribution in [-0.4, -0.2) is 12.6 Å². The highest BCUT2D eigenvalue weighted by atomic mass is 14.9. The summed E-state index contributed by atoms with van der Waals surface area (Å²) in [5.41, 5.74) is 4.16. The van der Waals surface area contributed by atoms with Crippen LogP contribution in [0, 0.1) is 12.8 Å². The fraction of sp³-hybridized carbons (Fsp3) is 0.556. The molecule has 1 atom stereocenters. The Morgan fingerprint density at radius 2 is 1.79 bits per heavy atom. The summed E-state index contributed by atoms with van der Waals surface area (Å²) in [6.45, 7) is 12.1. The molecule has 1 rings (SSSR count). The van der Waals surface area contributed by atoms with E-state index in [1.165, 1.54) is 23.1 Å². The summed E-state index contributed by atoms with van der Waals surface area (Å²) in [6, 6.07) is 9.39. The highest BCUT2D eigenvalue weighted by Gasteiger charge is 2.06. The van der Waals surface area contributed by atoms with E-state index in [4.69, 9.17) is 0 Å². The molecule has 1 aromatic rings. The highest BCUT2D eigenvalue weighted by Crippen LogP contribution is 2.09. The smallest absolute Gasteiger partial charge is 0.0255 e. The predicted molar refractivity (Wildman–Crippen MR) is 85.6 cm³/mol. The van der Waals surface area contributed by atoms with Crippen molar-refractivity contribution in [3.8, 4) is 0 Å². The van der Waals surface area contributed by atoms with Crippen LogP contribution in [0.5, 0.6) is 0 Å². The van der Waals surface area contributed by atoms with Crippen molar-refractivity contribution in [2.75, 3.05) is 6.54 Å². The topological polar surface area (TPSA) is 12.0 Å². The lowest BCUT2D eigenvalue weighted by Gasteiger charge is -2.17. The molecule has 106 valence electrons. The number of benzene rings is 1. The average molecular weight is 259 g/mol. The van der Waals surface area contributed by atoms with E-state index in [9.17, 15) is 0 Å². The third-order valence-corrected chi connectivity index (χ3v) is 3.19. The summed E-state index contributed by atoms with van der Waals surface area (Å²) in [7, 11) is 0.